The van der Waals surface area contributed by atoms with E-state index < -0.39 is 17.8 Å². The van der Waals surface area contributed by atoms with Crippen molar-refractivity contribution in [3.05, 3.63) is 42.0 Å². The van der Waals surface area contributed by atoms with Crippen LogP contribution < -0.4 is 10.5 Å². The zero-order valence-corrected chi connectivity index (χ0v) is 12.2. The van der Waals surface area contributed by atoms with Crippen LogP contribution in [0.4, 0.5) is 13.2 Å². The summed E-state index contributed by atoms with van der Waals surface area (Å²) in [7, 11) is 0. The molecule has 0 radical (unpaired) electrons. The summed E-state index contributed by atoms with van der Waals surface area (Å²) in [4.78, 5) is 0. The average Bonchev–Trinajstić information content (AvgIpc) is 2.33. The van der Waals surface area contributed by atoms with Crippen LogP contribution in [0.25, 0.3) is 10.8 Å². The van der Waals surface area contributed by atoms with Crippen LogP contribution >= 0.6 is 0 Å². The topological polar surface area (TPSA) is 35.2 Å². The molecule has 2 aromatic carbocycles. The number of alkyl halides is 3. The van der Waals surface area contributed by atoms with E-state index in [9.17, 15) is 13.2 Å². The summed E-state index contributed by atoms with van der Waals surface area (Å²) in [5.41, 5.74) is 4.92. The summed E-state index contributed by atoms with van der Waals surface area (Å²) in [5, 5.41) is 1.16. The minimum Gasteiger partial charge on any atom is -0.488 e. The standard InChI is InChI=1S/C16H18F3NO/c1-15(2,3)21-11-8-10-6-4-5-7-12(10)13(9-11)14(20)16(17,18)19/h4-9,14H,20H2,1-3H3/t14-/m0/s1. The lowest BCUT2D eigenvalue weighted by molar-refractivity contribution is -0.148. The van der Waals surface area contributed by atoms with Gasteiger partial charge in [0.15, 0.2) is 0 Å². The smallest absolute Gasteiger partial charge is 0.407 e. The first-order chi connectivity index (χ1) is 9.58. The maximum Gasteiger partial charge on any atom is 0.407 e. The number of fused-ring (bicyclic) bond motifs is 1. The monoisotopic (exact) mass is 297 g/mol. The number of hydrogen-bond donors (Lipinski definition) is 1. The van der Waals surface area contributed by atoms with Crippen LogP contribution in [0.3, 0.4) is 0 Å². The van der Waals surface area contributed by atoms with Crippen molar-refractivity contribution in [2.75, 3.05) is 0 Å². The Morgan fingerprint density at radius 2 is 1.67 bits per heavy atom. The summed E-state index contributed by atoms with van der Waals surface area (Å²) in [6.45, 7) is 5.52. The van der Waals surface area contributed by atoms with Crippen LogP contribution in [0.1, 0.15) is 32.4 Å². The Labute approximate surface area is 121 Å². The van der Waals surface area contributed by atoms with E-state index in [2.05, 4.69) is 0 Å². The number of hydrogen-bond acceptors (Lipinski definition) is 2. The molecule has 0 bridgehead atoms. The molecule has 0 amide bonds. The minimum atomic E-state index is -4.50. The van der Waals surface area contributed by atoms with Gasteiger partial charge in [-0.25, -0.2) is 0 Å². The second kappa shape index (κ2) is 5.22. The Morgan fingerprint density at radius 3 is 2.24 bits per heavy atom. The van der Waals surface area contributed by atoms with Gasteiger partial charge in [-0.2, -0.15) is 13.2 Å². The Kier molecular flexibility index (Phi) is 3.89. The van der Waals surface area contributed by atoms with Gasteiger partial charge in [0, 0.05) is 0 Å². The van der Waals surface area contributed by atoms with Gasteiger partial charge in [0.05, 0.1) is 0 Å². The van der Waals surface area contributed by atoms with Gasteiger partial charge < -0.3 is 10.5 Å². The molecular formula is C16H18F3NO. The molecule has 0 aliphatic carbocycles. The van der Waals surface area contributed by atoms with Crippen molar-refractivity contribution in [3.63, 3.8) is 0 Å². The van der Waals surface area contributed by atoms with Crippen molar-refractivity contribution in [1.82, 2.24) is 0 Å². The van der Waals surface area contributed by atoms with Gasteiger partial charge in [0.1, 0.15) is 17.4 Å². The van der Waals surface area contributed by atoms with E-state index >= 15 is 0 Å². The van der Waals surface area contributed by atoms with Crippen molar-refractivity contribution >= 4 is 10.8 Å². The van der Waals surface area contributed by atoms with E-state index in [1.165, 1.54) is 6.07 Å². The Bertz CT molecular complexity index is 644. The summed E-state index contributed by atoms with van der Waals surface area (Å²) in [5.74, 6) is 0.385. The Balaban J connectivity index is 2.61. The first kappa shape index (κ1) is 15.6. The molecule has 0 fully saturated rings. The predicted molar refractivity (Wildman–Crippen MR) is 77.3 cm³/mol. The summed E-state index contributed by atoms with van der Waals surface area (Å²) >= 11 is 0. The van der Waals surface area contributed by atoms with Gasteiger partial charge in [-0.1, -0.05) is 24.3 Å². The highest BCUT2D eigenvalue weighted by Crippen LogP contribution is 2.37. The number of ether oxygens (including phenoxy) is 1. The van der Waals surface area contributed by atoms with E-state index in [4.69, 9.17) is 10.5 Å². The zero-order chi connectivity index (χ0) is 15.8. The number of rotatable bonds is 2. The molecule has 5 heteroatoms. The third kappa shape index (κ3) is 3.67. The van der Waals surface area contributed by atoms with E-state index in [1.54, 1.807) is 30.3 Å². The number of benzene rings is 2. The fourth-order valence-electron chi connectivity index (χ4n) is 2.16. The quantitative estimate of drug-likeness (QED) is 0.880. The van der Waals surface area contributed by atoms with Crippen molar-refractivity contribution in [2.45, 2.75) is 38.6 Å². The highest BCUT2D eigenvalue weighted by atomic mass is 19.4. The summed E-state index contributed by atoms with van der Waals surface area (Å²) in [6, 6.07) is 7.92. The molecule has 0 spiro atoms. The van der Waals surface area contributed by atoms with Crippen molar-refractivity contribution in [3.8, 4) is 5.75 Å². The number of halogens is 3. The molecule has 0 aliphatic heterocycles. The molecule has 0 heterocycles. The highest BCUT2D eigenvalue weighted by Gasteiger charge is 2.39. The molecule has 2 nitrogen and oxygen atoms in total. The second-order valence-electron chi connectivity index (χ2n) is 5.97. The molecule has 2 N–H and O–H groups in total. The molecule has 0 saturated heterocycles. The van der Waals surface area contributed by atoms with Crippen LogP contribution in [0, 0.1) is 0 Å². The first-order valence-corrected chi connectivity index (χ1v) is 6.62. The predicted octanol–water partition coefficient (Wildman–Crippen LogP) is 4.58. The van der Waals surface area contributed by atoms with Gasteiger partial charge in [-0.15, -0.1) is 0 Å². The van der Waals surface area contributed by atoms with Crippen LogP contribution in [-0.4, -0.2) is 11.8 Å². The second-order valence-corrected chi connectivity index (χ2v) is 5.97. The lowest BCUT2D eigenvalue weighted by Crippen LogP contribution is -2.29. The van der Waals surface area contributed by atoms with Gasteiger partial charge in [-0.3, -0.25) is 0 Å². The van der Waals surface area contributed by atoms with Crippen molar-refractivity contribution < 1.29 is 17.9 Å². The summed E-state index contributed by atoms with van der Waals surface area (Å²) < 4.78 is 44.6. The molecule has 1 atom stereocenters. The van der Waals surface area contributed by atoms with Crippen LogP contribution in [0.15, 0.2) is 36.4 Å². The maximum absolute atomic E-state index is 13.0. The highest BCUT2D eigenvalue weighted by molar-refractivity contribution is 5.87. The lowest BCUT2D eigenvalue weighted by atomic mass is 9.98. The average molecular weight is 297 g/mol. The molecule has 2 aromatic rings. The zero-order valence-electron chi connectivity index (χ0n) is 12.2. The molecule has 0 aliphatic rings. The fourth-order valence-corrected chi connectivity index (χ4v) is 2.16. The van der Waals surface area contributed by atoms with E-state index in [0.717, 1.165) is 0 Å². The normalized spacial score (nSPS) is 14.2. The van der Waals surface area contributed by atoms with E-state index in [-0.39, 0.29) is 5.56 Å². The Morgan fingerprint density at radius 1 is 1.05 bits per heavy atom. The van der Waals surface area contributed by atoms with E-state index in [1.807, 2.05) is 20.8 Å². The van der Waals surface area contributed by atoms with Crippen molar-refractivity contribution in [1.29, 1.82) is 0 Å². The maximum atomic E-state index is 13.0. The molecule has 2 rings (SSSR count). The van der Waals surface area contributed by atoms with Crippen LogP contribution in [0.2, 0.25) is 0 Å². The van der Waals surface area contributed by atoms with Crippen LogP contribution in [-0.2, 0) is 0 Å². The SMILES string of the molecule is CC(C)(C)Oc1cc([C@H](N)C(F)(F)F)c2ccccc2c1. The molecule has 0 unspecified atom stereocenters. The third-order valence-electron chi connectivity index (χ3n) is 2.98. The van der Waals surface area contributed by atoms with E-state index in [0.29, 0.717) is 16.5 Å². The minimum absolute atomic E-state index is 0.0276. The Hall–Kier alpha value is -1.75. The number of nitrogens with two attached hydrogens (primary N) is 1. The fraction of sp³-hybridized carbons (Fsp3) is 0.375. The first-order valence-electron chi connectivity index (χ1n) is 6.62. The molecule has 21 heavy (non-hydrogen) atoms. The molecule has 0 saturated carbocycles. The van der Waals surface area contributed by atoms with Gasteiger partial charge >= 0.3 is 6.18 Å². The van der Waals surface area contributed by atoms with Crippen molar-refractivity contribution in [2.24, 2.45) is 5.73 Å². The largest absolute Gasteiger partial charge is 0.488 e. The third-order valence-corrected chi connectivity index (χ3v) is 2.98. The van der Waals surface area contributed by atoms with Gasteiger partial charge in [0.25, 0.3) is 0 Å². The van der Waals surface area contributed by atoms with Gasteiger partial charge in [-0.05, 0) is 49.2 Å². The molecule has 0 aromatic heterocycles. The van der Waals surface area contributed by atoms with Crippen LogP contribution in [0.5, 0.6) is 5.75 Å². The molecule has 114 valence electrons. The van der Waals surface area contributed by atoms with Gasteiger partial charge in [0.2, 0.25) is 0 Å². The summed E-state index contributed by atoms with van der Waals surface area (Å²) in [6.07, 6.45) is -4.50. The molecular weight excluding hydrogens is 279 g/mol. The lowest BCUT2D eigenvalue weighted by Gasteiger charge is -2.24.